The Morgan fingerprint density at radius 2 is 2.26 bits per heavy atom. The summed E-state index contributed by atoms with van der Waals surface area (Å²) in [5.74, 6) is 0.819. The van der Waals surface area contributed by atoms with E-state index in [4.69, 9.17) is 10.5 Å². The van der Waals surface area contributed by atoms with E-state index in [1.165, 1.54) is 24.9 Å². The van der Waals surface area contributed by atoms with Crippen LogP contribution in [-0.2, 0) is 6.54 Å². The zero-order chi connectivity index (χ0) is 13.8. The van der Waals surface area contributed by atoms with Gasteiger partial charge in [0.25, 0.3) is 0 Å². The molecule has 1 heterocycles. The van der Waals surface area contributed by atoms with Gasteiger partial charge in [0, 0.05) is 30.9 Å². The van der Waals surface area contributed by atoms with Gasteiger partial charge in [-0.15, -0.1) is 0 Å². The fraction of sp³-hybridized carbons (Fsp3) is 0.600. The Bertz CT molecular complexity index is 422. The summed E-state index contributed by atoms with van der Waals surface area (Å²) in [5, 5.41) is 0. The second-order valence-electron chi connectivity index (χ2n) is 5.54. The molecule has 1 aliphatic heterocycles. The lowest BCUT2D eigenvalue weighted by molar-refractivity contribution is 0.215. The van der Waals surface area contributed by atoms with Gasteiger partial charge in [0.05, 0.1) is 7.11 Å². The van der Waals surface area contributed by atoms with Gasteiger partial charge in [0.2, 0.25) is 0 Å². The Kier molecular flexibility index (Phi) is 4.66. The van der Waals surface area contributed by atoms with Crippen LogP contribution in [0.2, 0.25) is 0 Å². The fourth-order valence-corrected chi connectivity index (χ4v) is 2.77. The van der Waals surface area contributed by atoms with Crippen LogP contribution in [0.5, 0.6) is 5.75 Å². The molecule has 0 amide bonds. The van der Waals surface area contributed by atoms with Crippen molar-refractivity contribution in [1.82, 2.24) is 9.80 Å². The largest absolute Gasteiger partial charge is 0.497 e. The van der Waals surface area contributed by atoms with Crippen molar-refractivity contribution >= 4 is 5.69 Å². The molecule has 1 atom stereocenters. The maximum Gasteiger partial charge on any atom is 0.120 e. The van der Waals surface area contributed by atoms with Crippen LogP contribution in [-0.4, -0.2) is 50.1 Å². The Morgan fingerprint density at radius 3 is 2.84 bits per heavy atom. The number of hydrogen-bond acceptors (Lipinski definition) is 4. The van der Waals surface area contributed by atoms with Gasteiger partial charge in [-0.1, -0.05) is 6.07 Å². The van der Waals surface area contributed by atoms with Gasteiger partial charge in [-0.25, -0.2) is 0 Å². The summed E-state index contributed by atoms with van der Waals surface area (Å²) < 4.78 is 5.18. The van der Waals surface area contributed by atoms with E-state index in [9.17, 15) is 0 Å². The van der Waals surface area contributed by atoms with E-state index in [0.29, 0.717) is 6.04 Å². The second kappa shape index (κ2) is 6.26. The molecule has 1 aromatic rings. The lowest BCUT2D eigenvalue weighted by Gasteiger charge is -2.26. The van der Waals surface area contributed by atoms with Crippen LogP contribution in [0.3, 0.4) is 0 Å². The summed E-state index contributed by atoms with van der Waals surface area (Å²) in [4.78, 5) is 4.80. The Labute approximate surface area is 116 Å². The molecule has 106 valence electrons. The van der Waals surface area contributed by atoms with Crippen LogP contribution in [0.15, 0.2) is 18.2 Å². The molecule has 4 heteroatoms. The average molecular weight is 263 g/mol. The summed E-state index contributed by atoms with van der Waals surface area (Å²) in [6.07, 6.45) is 2.62. The third-order valence-electron chi connectivity index (χ3n) is 3.99. The molecule has 1 unspecified atom stereocenters. The minimum absolute atomic E-state index is 0.685. The summed E-state index contributed by atoms with van der Waals surface area (Å²) in [5.41, 5.74) is 8.05. The SMILES string of the molecule is COc1ccc(CN(C)CC2CCCN2C)c(N)c1. The predicted octanol–water partition coefficient (Wildman–Crippen LogP) is 1.80. The van der Waals surface area contributed by atoms with Crippen molar-refractivity contribution in [3.63, 3.8) is 0 Å². The number of likely N-dealkylation sites (tertiary alicyclic amines) is 1. The number of ether oxygens (including phenoxy) is 1. The van der Waals surface area contributed by atoms with Crippen molar-refractivity contribution < 1.29 is 4.74 Å². The van der Waals surface area contributed by atoms with Gasteiger partial charge in [-0.05, 0) is 45.1 Å². The highest BCUT2D eigenvalue weighted by molar-refractivity contribution is 5.51. The van der Waals surface area contributed by atoms with Crippen LogP contribution >= 0.6 is 0 Å². The van der Waals surface area contributed by atoms with E-state index in [1.54, 1.807) is 7.11 Å². The van der Waals surface area contributed by atoms with E-state index in [1.807, 2.05) is 12.1 Å². The smallest absolute Gasteiger partial charge is 0.120 e. The molecular weight excluding hydrogens is 238 g/mol. The molecule has 0 aromatic heterocycles. The number of methoxy groups -OCH3 is 1. The van der Waals surface area contributed by atoms with Gasteiger partial charge >= 0.3 is 0 Å². The molecule has 1 fully saturated rings. The van der Waals surface area contributed by atoms with Crippen LogP contribution in [0, 0.1) is 0 Å². The van der Waals surface area contributed by atoms with Gasteiger partial charge in [-0.2, -0.15) is 0 Å². The van der Waals surface area contributed by atoms with Crippen molar-refractivity contribution in [2.45, 2.75) is 25.4 Å². The number of nitrogens with zero attached hydrogens (tertiary/aromatic N) is 2. The third kappa shape index (κ3) is 3.61. The number of rotatable bonds is 5. The van der Waals surface area contributed by atoms with Crippen LogP contribution in [0.25, 0.3) is 0 Å². The summed E-state index contributed by atoms with van der Waals surface area (Å²) in [7, 11) is 6.04. The molecule has 2 N–H and O–H groups in total. The topological polar surface area (TPSA) is 41.7 Å². The molecule has 0 aliphatic carbocycles. The quantitative estimate of drug-likeness (QED) is 0.823. The first-order valence-electron chi connectivity index (χ1n) is 6.91. The highest BCUT2D eigenvalue weighted by Gasteiger charge is 2.22. The molecule has 1 aliphatic rings. The molecule has 4 nitrogen and oxygen atoms in total. The average Bonchev–Trinajstić information content (AvgIpc) is 2.77. The molecular formula is C15H25N3O. The molecule has 0 saturated carbocycles. The van der Waals surface area contributed by atoms with Gasteiger partial charge < -0.3 is 20.3 Å². The minimum atomic E-state index is 0.685. The maximum absolute atomic E-state index is 6.06. The number of likely N-dealkylation sites (N-methyl/N-ethyl adjacent to an activating group) is 2. The number of benzene rings is 1. The Hall–Kier alpha value is -1.26. The van der Waals surface area contributed by atoms with Crippen LogP contribution in [0.4, 0.5) is 5.69 Å². The van der Waals surface area contributed by atoms with Crippen molar-refractivity contribution in [1.29, 1.82) is 0 Å². The predicted molar refractivity (Wildman–Crippen MR) is 79.4 cm³/mol. The highest BCUT2D eigenvalue weighted by atomic mass is 16.5. The van der Waals surface area contributed by atoms with Crippen molar-refractivity contribution in [2.24, 2.45) is 0 Å². The second-order valence-corrected chi connectivity index (χ2v) is 5.54. The van der Waals surface area contributed by atoms with Crippen molar-refractivity contribution in [3.8, 4) is 5.75 Å². The van der Waals surface area contributed by atoms with Gasteiger partial charge in [-0.3, -0.25) is 0 Å². The van der Waals surface area contributed by atoms with Crippen molar-refractivity contribution in [2.75, 3.05) is 40.0 Å². The number of hydrogen-bond donors (Lipinski definition) is 1. The van der Waals surface area contributed by atoms with Gasteiger partial charge in [0.15, 0.2) is 0 Å². The zero-order valence-electron chi connectivity index (χ0n) is 12.2. The first kappa shape index (κ1) is 14.2. The summed E-state index contributed by atoms with van der Waals surface area (Å²) in [6.45, 7) is 3.21. The molecule has 0 radical (unpaired) electrons. The highest BCUT2D eigenvalue weighted by Crippen LogP contribution is 2.22. The lowest BCUT2D eigenvalue weighted by Crippen LogP contribution is -2.36. The van der Waals surface area contributed by atoms with E-state index < -0.39 is 0 Å². The van der Waals surface area contributed by atoms with Crippen LogP contribution < -0.4 is 10.5 Å². The minimum Gasteiger partial charge on any atom is -0.497 e. The van der Waals surface area contributed by atoms with E-state index in [0.717, 1.165) is 24.5 Å². The van der Waals surface area contributed by atoms with E-state index in [-0.39, 0.29) is 0 Å². The van der Waals surface area contributed by atoms with Crippen molar-refractivity contribution in [3.05, 3.63) is 23.8 Å². The Morgan fingerprint density at radius 1 is 1.47 bits per heavy atom. The molecule has 1 saturated heterocycles. The summed E-state index contributed by atoms with van der Waals surface area (Å²) in [6, 6.07) is 6.61. The molecule has 19 heavy (non-hydrogen) atoms. The molecule has 1 aromatic carbocycles. The lowest BCUT2D eigenvalue weighted by atomic mass is 10.1. The maximum atomic E-state index is 6.06. The first-order valence-corrected chi connectivity index (χ1v) is 6.91. The molecule has 0 spiro atoms. The number of nitrogen functional groups attached to an aromatic ring is 1. The first-order chi connectivity index (χ1) is 9.10. The monoisotopic (exact) mass is 263 g/mol. The summed E-state index contributed by atoms with van der Waals surface area (Å²) >= 11 is 0. The molecule has 2 rings (SSSR count). The normalized spacial score (nSPS) is 20.1. The number of anilines is 1. The van der Waals surface area contributed by atoms with E-state index in [2.05, 4.69) is 30.0 Å². The fourth-order valence-electron chi connectivity index (χ4n) is 2.77. The standard InChI is InChI=1S/C15H25N3O/c1-17(11-13-5-4-8-18(13)2)10-12-6-7-14(19-3)9-15(12)16/h6-7,9,13H,4-5,8,10-11,16H2,1-3H3. The molecule has 0 bridgehead atoms. The number of nitrogens with two attached hydrogens (primary N) is 1. The van der Waals surface area contributed by atoms with Gasteiger partial charge in [0.1, 0.15) is 5.75 Å². The third-order valence-corrected chi connectivity index (χ3v) is 3.99. The van der Waals surface area contributed by atoms with E-state index >= 15 is 0 Å². The zero-order valence-corrected chi connectivity index (χ0v) is 12.2. The Balaban J connectivity index is 1.93. The van der Waals surface area contributed by atoms with Crippen LogP contribution in [0.1, 0.15) is 18.4 Å².